The van der Waals surface area contributed by atoms with Gasteiger partial charge in [-0.1, -0.05) is 6.92 Å². The van der Waals surface area contributed by atoms with Crippen LogP contribution in [0.25, 0.3) is 5.69 Å². The zero-order chi connectivity index (χ0) is 18.1. The first-order valence-corrected chi connectivity index (χ1v) is 9.54. The summed E-state index contributed by atoms with van der Waals surface area (Å²) in [5, 5.41) is 16.5. The zero-order valence-electron chi connectivity index (χ0n) is 15.7. The molecule has 0 bridgehead atoms. The van der Waals surface area contributed by atoms with Gasteiger partial charge < -0.3 is 14.8 Å². The van der Waals surface area contributed by atoms with Gasteiger partial charge in [0.25, 0.3) is 0 Å². The molecule has 1 N–H and O–H groups in total. The number of hydrogen-bond acceptors (Lipinski definition) is 6. The molecular weight excluding hydrogens is 330 g/mol. The Kier molecular flexibility index (Phi) is 4.56. The maximum absolute atomic E-state index is 5.73. The monoisotopic (exact) mass is 357 g/mol. The van der Waals surface area contributed by atoms with Gasteiger partial charge in [-0.05, 0) is 68.0 Å². The van der Waals surface area contributed by atoms with Crippen molar-refractivity contribution in [3.63, 3.8) is 0 Å². The van der Waals surface area contributed by atoms with Crippen molar-refractivity contribution < 1.29 is 9.47 Å². The lowest BCUT2D eigenvalue weighted by molar-refractivity contribution is 0.169. The first-order valence-electron chi connectivity index (χ1n) is 9.54. The van der Waals surface area contributed by atoms with E-state index in [0.29, 0.717) is 19.3 Å². The van der Waals surface area contributed by atoms with Crippen LogP contribution in [0.4, 0.5) is 0 Å². The maximum atomic E-state index is 5.73. The van der Waals surface area contributed by atoms with Gasteiger partial charge in [0.15, 0.2) is 17.3 Å². The lowest BCUT2D eigenvalue weighted by Gasteiger charge is -2.40. The summed E-state index contributed by atoms with van der Waals surface area (Å²) < 4.78 is 13.2. The highest BCUT2D eigenvalue weighted by atomic mass is 16.6. The smallest absolute Gasteiger partial charge is 0.176 e. The Balaban J connectivity index is 1.73. The highest BCUT2D eigenvalue weighted by Crippen LogP contribution is 2.40. The molecule has 1 fully saturated rings. The summed E-state index contributed by atoms with van der Waals surface area (Å²) in [4.78, 5) is 0. The van der Waals surface area contributed by atoms with Crippen molar-refractivity contribution in [2.24, 2.45) is 5.92 Å². The number of benzene rings is 1. The third-order valence-corrected chi connectivity index (χ3v) is 5.36. The fourth-order valence-electron chi connectivity index (χ4n) is 4.06. The van der Waals surface area contributed by atoms with E-state index >= 15 is 0 Å². The topological polar surface area (TPSA) is 74.1 Å². The summed E-state index contributed by atoms with van der Waals surface area (Å²) in [6, 6.07) is 6.24. The van der Waals surface area contributed by atoms with Crippen LogP contribution in [-0.4, -0.2) is 39.5 Å². The molecule has 1 aliphatic heterocycles. The molecule has 2 heterocycles. The van der Waals surface area contributed by atoms with Crippen LogP contribution in [-0.2, 0) is 5.54 Å². The van der Waals surface area contributed by atoms with Gasteiger partial charge in [0.1, 0.15) is 13.2 Å². The number of nitrogens with one attached hydrogen (secondary N) is 1. The van der Waals surface area contributed by atoms with Gasteiger partial charge in [-0.2, -0.15) is 4.68 Å². The van der Waals surface area contributed by atoms with Crippen LogP contribution in [0, 0.1) is 5.92 Å². The first-order chi connectivity index (χ1) is 12.6. The Bertz CT molecular complexity index is 765. The van der Waals surface area contributed by atoms with Gasteiger partial charge in [-0.3, -0.25) is 0 Å². The second kappa shape index (κ2) is 6.87. The largest absolute Gasteiger partial charge is 0.486 e. The standard InChI is InChI=1S/C19H27N5O2/c1-13(2)20-19(8-6-14(3)7-9-19)18-21-22-23-24(18)15-4-5-16-17(12-15)26-11-10-25-16/h4-5,12-14,20H,6-11H2,1-3H3. The highest BCUT2D eigenvalue weighted by molar-refractivity contribution is 5.49. The number of nitrogens with zero attached hydrogens (tertiary/aromatic N) is 4. The second-order valence-corrected chi connectivity index (χ2v) is 7.81. The van der Waals surface area contributed by atoms with Gasteiger partial charge in [0, 0.05) is 12.1 Å². The summed E-state index contributed by atoms with van der Waals surface area (Å²) in [5.41, 5.74) is 0.704. The second-order valence-electron chi connectivity index (χ2n) is 7.81. The normalized spacial score (nSPS) is 25.5. The van der Waals surface area contributed by atoms with Crippen LogP contribution in [0.3, 0.4) is 0 Å². The summed E-state index contributed by atoms with van der Waals surface area (Å²) >= 11 is 0. The van der Waals surface area contributed by atoms with E-state index in [-0.39, 0.29) is 5.54 Å². The molecule has 2 aliphatic rings. The molecule has 1 aromatic heterocycles. The van der Waals surface area contributed by atoms with E-state index in [1.165, 1.54) is 12.8 Å². The predicted molar refractivity (Wildman–Crippen MR) is 97.7 cm³/mol. The maximum Gasteiger partial charge on any atom is 0.176 e. The Morgan fingerprint density at radius 2 is 1.88 bits per heavy atom. The summed E-state index contributed by atoms with van der Waals surface area (Å²) in [6.45, 7) is 7.83. The molecule has 140 valence electrons. The molecule has 0 atom stereocenters. The highest BCUT2D eigenvalue weighted by Gasteiger charge is 2.41. The van der Waals surface area contributed by atoms with Gasteiger partial charge in [-0.15, -0.1) is 5.10 Å². The van der Waals surface area contributed by atoms with Gasteiger partial charge in [0.2, 0.25) is 0 Å². The lowest BCUT2D eigenvalue weighted by Crippen LogP contribution is -2.49. The Hall–Kier alpha value is -2.15. The fraction of sp³-hybridized carbons (Fsp3) is 0.632. The van der Waals surface area contributed by atoms with Crippen LogP contribution in [0.15, 0.2) is 18.2 Å². The van der Waals surface area contributed by atoms with Crippen LogP contribution >= 0.6 is 0 Å². The number of ether oxygens (including phenoxy) is 2. The average Bonchev–Trinajstić information content (AvgIpc) is 3.13. The lowest BCUT2D eigenvalue weighted by atomic mass is 9.76. The molecule has 7 heteroatoms. The molecular formula is C19H27N5O2. The van der Waals surface area contributed by atoms with E-state index in [9.17, 15) is 0 Å². The van der Waals surface area contributed by atoms with Gasteiger partial charge in [0.05, 0.1) is 11.2 Å². The van der Waals surface area contributed by atoms with Crippen molar-refractivity contribution in [3.05, 3.63) is 24.0 Å². The van der Waals surface area contributed by atoms with Gasteiger partial charge in [-0.25, -0.2) is 0 Å². The summed E-state index contributed by atoms with van der Waals surface area (Å²) in [7, 11) is 0. The molecule has 1 aromatic carbocycles. The number of aromatic nitrogens is 4. The molecule has 1 saturated carbocycles. The molecule has 7 nitrogen and oxygen atoms in total. The molecule has 4 rings (SSSR count). The van der Waals surface area contributed by atoms with Crippen molar-refractivity contribution in [1.29, 1.82) is 0 Å². The molecule has 1 aliphatic carbocycles. The molecule has 2 aromatic rings. The SMILES string of the molecule is CC1CCC(NC(C)C)(c2nnnn2-c2ccc3c(c2)OCCO3)CC1. The molecule has 0 radical (unpaired) electrons. The first kappa shape index (κ1) is 17.3. The van der Waals surface area contributed by atoms with Crippen molar-refractivity contribution in [2.75, 3.05) is 13.2 Å². The van der Waals surface area contributed by atoms with Crippen LogP contribution in [0.2, 0.25) is 0 Å². The van der Waals surface area contributed by atoms with Crippen LogP contribution < -0.4 is 14.8 Å². The Labute approximate surface area is 154 Å². The van der Waals surface area contributed by atoms with Crippen molar-refractivity contribution in [2.45, 2.75) is 58.0 Å². The van der Waals surface area contributed by atoms with Crippen LogP contribution in [0.1, 0.15) is 52.3 Å². The molecule has 0 spiro atoms. The minimum Gasteiger partial charge on any atom is -0.486 e. The fourth-order valence-corrected chi connectivity index (χ4v) is 4.06. The molecule has 26 heavy (non-hydrogen) atoms. The minimum absolute atomic E-state index is 0.197. The number of fused-ring (bicyclic) bond motifs is 1. The number of hydrogen-bond donors (Lipinski definition) is 1. The average molecular weight is 357 g/mol. The third kappa shape index (κ3) is 3.16. The van der Waals surface area contributed by atoms with Crippen molar-refractivity contribution in [1.82, 2.24) is 25.5 Å². The van der Waals surface area contributed by atoms with E-state index in [0.717, 1.165) is 41.8 Å². The van der Waals surface area contributed by atoms with E-state index in [2.05, 4.69) is 41.6 Å². The van der Waals surface area contributed by atoms with Crippen LogP contribution in [0.5, 0.6) is 11.5 Å². The van der Waals surface area contributed by atoms with E-state index < -0.39 is 0 Å². The van der Waals surface area contributed by atoms with Gasteiger partial charge >= 0.3 is 0 Å². The molecule has 0 saturated heterocycles. The number of rotatable bonds is 4. The Morgan fingerprint density at radius 1 is 1.15 bits per heavy atom. The van der Waals surface area contributed by atoms with E-state index in [1.807, 2.05) is 22.9 Å². The summed E-state index contributed by atoms with van der Waals surface area (Å²) in [6.07, 6.45) is 4.43. The Morgan fingerprint density at radius 3 is 2.62 bits per heavy atom. The third-order valence-electron chi connectivity index (χ3n) is 5.36. The molecule has 0 unspecified atom stereocenters. The quantitative estimate of drug-likeness (QED) is 0.907. The van der Waals surface area contributed by atoms with E-state index in [4.69, 9.17) is 9.47 Å². The molecule has 0 amide bonds. The zero-order valence-corrected chi connectivity index (χ0v) is 15.7. The summed E-state index contributed by atoms with van der Waals surface area (Å²) in [5.74, 6) is 3.15. The number of tetrazole rings is 1. The predicted octanol–water partition coefficient (Wildman–Crippen LogP) is 2.84. The van der Waals surface area contributed by atoms with Crippen molar-refractivity contribution in [3.8, 4) is 17.2 Å². The minimum atomic E-state index is -0.197. The van der Waals surface area contributed by atoms with Crippen molar-refractivity contribution >= 4 is 0 Å². The van der Waals surface area contributed by atoms with E-state index in [1.54, 1.807) is 0 Å².